The fourth-order valence-corrected chi connectivity index (χ4v) is 2.05. The van der Waals surface area contributed by atoms with Crippen LogP contribution in [-0.2, 0) is 6.54 Å². The number of nitrogens with one attached hydrogen (secondary N) is 1. The minimum absolute atomic E-state index is 0.736. The van der Waals surface area contributed by atoms with E-state index >= 15 is 0 Å². The predicted octanol–water partition coefficient (Wildman–Crippen LogP) is 2.98. The van der Waals surface area contributed by atoms with Crippen molar-refractivity contribution in [3.8, 4) is 5.75 Å². The van der Waals surface area contributed by atoms with Crippen LogP contribution in [0.2, 0.25) is 0 Å². The molecule has 0 amide bonds. The summed E-state index contributed by atoms with van der Waals surface area (Å²) in [5.41, 5.74) is 1.27. The van der Waals surface area contributed by atoms with Gasteiger partial charge in [0.25, 0.3) is 0 Å². The molecule has 0 saturated heterocycles. The fraction of sp³-hybridized carbons (Fsp3) is 0.571. The molecule has 1 aliphatic carbocycles. The van der Waals surface area contributed by atoms with Gasteiger partial charge in [0.15, 0.2) is 0 Å². The number of para-hydroxylation sites is 1. The van der Waals surface area contributed by atoms with Crippen LogP contribution in [-0.4, -0.2) is 13.2 Å². The van der Waals surface area contributed by atoms with Crippen molar-refractivity contribution in [3.05, 3.63) is 29.8 Å². The smallest absolute Gasteiger partial charge is 0.123 e. The summed E-state index contributed by atoms with van der Waals surface area (Å²) >= 11 is 0. The van der Waals surface area contributed by atoms with Gasteiger partial charge < -0.3 is 10.1 Å². The Morgan fingerprint density at radius 1 is 1.31 bits per heavy atom. The first kappa shape index (κ1) is 11.5. The summed E-state index contributed by atoms with van der Waals surface area (Å²) in [5.74, 6) is 1.94. The number of rotatable bonds is 6. The Kier molecular flexibility index (Phi) is 4.23. The molecule has 16 heavy (non-hydrogen) atoms. The molecule has 1 aromatic carbocycles. The standard InChI is InChI=1S/C14H21NO/c1-2-16-14-9-4-3-8-13(14)11-15-10-12-6-5-7-12/h3-4,8-9,12,15H,2,5-7,10-11H2,1H3. The molecule has 0 atom stereocenters. The molecule has 88 valence electrons. The highest BCUT2D eigenvalue weighted by molar-refractivity contribution is 5.33. The fourth-order valence-electron chi connectivity index (χ4n) is 2.05. The second-order valence-corrected chi connectivity index (χ2v) is 4.47. The Labute approximate surface area is 98.0 Å². The molecule has 0 bridgehead atoms. The number of hydrogen-bond acceptors (Lipinski definition) is 2. The lowest BCUT2D eigenvalue weighted by molar-refractivity contribution is 0.299. The Morgan fingerprint density at radius 2 is 2.12 bits per heavy atom. The zero-order valence-corrected chi connectivity index (χ0v) is 10.0. The van der Waals surface area contributed by atoms with E-state index in [1.807, 2.05) is 19.1 Å². The van der Waals surface area contributed by atoms with Gasteiger partial charge in [0.1, 0.15) is 5.75 Å². The Hall–Kier alpha value is -1.02. The average Bonchev–Trinajstić information content (AvgIpc) is 2.24. The van der Waals surface area contributed by atoms with E-state index in [0.29, 0.717) is 0 Å². The van der Waals surface area contributed by atoms with Gasteiger partial charge in [-0.2, -0.15) is 0 Å². The molecular formula is C14H21NO. The molecule has 0 radical (unpaired) electrons. The molecule has 2 heteroatoms. The van der Waals surface area contributed by atoms with Gasteiger partial charge >= 0.3 is 0 Å². The molecule has 1 saturated carbocycles. The molecular weight excluding hydrogens is 198 g/mol. The third kappa shape index (κ3) is 2.99. The van der Waals surface area contributed by atoms with E-state index in [4.69, 9.17) is 4.74 Å². The van der Waals surface area contributed by atoms with Crippen LogP contribution in [0.1, 0.15) is 31.7 Å². The van der Waals surface area contributed by atoms with E-state index < -0.39 is 0 Å². The summed E-state index contributed by atoms with van der Waals surface area (Å²) < 4.78 is 5.59. The molecule has 1 aliphatic rings. The van der Waals surface area contributed by atoms with Crippen molar-refractivity contribution in [2.45, 2.75) is 32.7 Å². The number of benzene rings is 1. The van der Waals surface area contributed by atoms with Crippen LogP contribution in [0.4, 0.5) is 0 Å². The minimum atomic E-state index is 0.736. The summed E-state index contributed by atoms with van der Waals surface area (Å²) in [4.78, 5) is 0. The molecule has 1 N–H and O–H groups in total. The number of ether oxygens (including phenoxy) is 1. The van der Waals surface area contributed by atoms with Crippen LogP contribution < -0.4 is 10.1 Å². The predicted molar refractivity (Wildman–Crippen MR) is 66.7 cm³/mol. The molecule has 2 rings (SSSR count). The zero-order valence-electron chi connectivity index (χ0n) is 10.0. The molecule has 0 aromatic heterocycles. The van der Waals surface area contributed by atoms with Crippen molar-refractivity contribution >= 4 is 0 Å². The topological polar surface area (TPSA) is 21.3 Å². The van der Waals surface area contributed by atoms with E-state index in [-0.39, 0.29) is 0 Å². The van der Waals surface area contributed by atoms with Crippen LogP contribution in [0, 0.1) is 5.92 Å². The van der Waals surface area contributed by atoms with Crippen LogP contribution in [0.3, 0.4) is 0 Å². The van der Waals surface area contributed by atoms with E-state index in [1.165, 1.54) is 24.8 Å². The maximum atomic E-state index is 5.59. The van der Waals surface area contributed by atoms with E-state index in [0.717, 1.165) is 31.4 Å². The summed E-state index contributed by atoms with van der Waals surface area (Å²) in [5, 5.41) is 3.52. The van der Waals surface area contributed by atoms with Crippen LogP contribution in [0.25, 0.3) is 0 Å². The lowest BCUT2D eigenvalue weighted by Crippen LogP contribution is -2.27. The van der Waals surface area contributed by atoms with Crippen LogP contribution in [0.15, 0.2) is 24.3 Å². The van der Waals surface area contributed by atoms with Crippen molar-refractivity contribution in [3.63, 3.8) is 0 Å². The zero-order chi connectivity index (χ0) is 11.2. The molecule has 2 nitrogen and oxygen atoms in total. The van der Waals surface area contributed by atoms with E-state index in [1.54, 1.807) is 0 Å². The van der Waals surface area contributed by atoms with Crippen molar-refractivity contribution < 1.29 is 4.74 Å². The summed E-state index contributed by atoms with van der Waals surface area (Å²) in [6.45, 7) is 4.84. The lowest BCUT2D eigenvalue weighted by Gasteiger charge is -2.25. The second kappa shape index (κ2) is 5.90. The van der Waals surface area contributed by atoms with Gasteiger partial charge in [0.2, 0.25) is 0 Å². The highest BCUT2D eigenvalue weighted by Crippen LogP contribution is 2.25. The van der Waals surface area contributed by atoms with Crippen molar-refractivity contribution in [2.24, 2.45) is 5.92 Å². The van der Waals surface area contributed by atoms with Crippen molar-refractivity contribution in [2.75, 3.05) is 13.2 Å². The normalized spacial score (nSPS) is 15.8. The van der Waals surface area contributed by atoms with Gasteiger partial charge in [0, 0.05) is 12.1 Å². The average molecular weight is 219 g/mol. The van der Waals surface area contributed by atoms with Crippen molar-refractivity contribution in [1.82, 2.24) is 5.32 Å². The molecule has 1 fully saturated rings. The molecule has 0 spiro atoms. The second-order valence-electron chi connectivity index (χ2n) is 4.47. The summed E-state index contributed by atoms with van der Waals surface area (Å²) in [7, 11) is 0. The molecule has 0 heterocycles. The first-order valence-electron chi connectivity index (χ1n) is 6.31. The monoisotopic (exact) mass is 219 g/mol. The highest BCUT2D eigenvalue weighted by Gasteiger charge is 2.16. The van der Waals surface area contributed by atoms with Crippen LogP contribution >= 0.6 is 0 Å². The third-order valence-corrected chi connectivity index (χ3v) is 3.25. The largest absolute Gasteiger partial charge is 0.494 e. The molecule has 1 aromatic rings. The third-order valence-electron chi connectivity index (χ3n) is 3.25. The van der Waals surface area contributed by atoms with E-state index in [2.05, 4.69) is 17.4 Å². The lowest BCUT2D eigenvalue weighted by atomic mass is 9.85. The Bertz CT molecular complexity index is 320. The molecule has 0 aliphatic heterocycles. The Morgan fingerprint density at radius 3 is 2.81 bits per heavy atom. The van der Waals surface area contributed by atoms with Gasteiger partial charge in [-0.05, 0) is 38.3 Å². The van der Waals surface area contributed by atoms with E-state index in [9.17, 15) is 0 Å². The van der Waals surface area contributed by atoms with Gasteiger partial charge in [-0.1, -0.05) is 24.6 Å². The minimum Gasteiger partial charge on any atom is -0.494 e. The quantitative estimate of drug-likeness (QED) is 0.794. The molecule has 0 unspecified atom stereocenters. The first-order chi connectivity index (χ1) is 7.90. The maximum Gasteiger partial charge on any atom is 0.123 e. The highest BCUT2D eigenvalue weighted by atomic mass is 16.5. The van der Waals surface area contributed by atoms with Gasteiger partial charge in [-0.15, -0.1) is 0 Å². The SMILES string of the molecule is CCOc1ccccc1CNCC1CCC1. The van der Waals surface area contributed by atoms with Gasteiger partial charge in [-0.25, -0.2) is 0 Å². The summed E-state index contributed by atoms with van der Waals surface area (Å²) in [6, 6.07) is 8.28. The van der Waals surface area contributed by atoms with Crippen LogP contribution in [0.5, 0.6) is 5.75 Å². The maximum absolute atomic E-state index is 5.59. The van der Waals surface area contributed by atoms with Crippen molar-refractivity contribution in [1.29, 1.82) is 0 Å². The first-order valence-corrected chi connectivity index (χ1v) is 6.31. The number of hydrogen-bond donors (Lipinski definition) is 1. The van der Waals surface area contributed by atoms with Gasteiger partial charge in [-0.3, -0.25) is 0 Å². The summed E-state index contributed by atoms with van der Waals surface area (Å²) in [6.07, 6.45) is 4.22. The van der Waals surface area contributed by atoms with Gasteiger partial charge in [0.05, 0.1) is 6.61 Å². The Balaban J connectivity index is 1.82.